The van der Waals surface area contributed by atoms with Gasteiger partial charge in [-0.2, -0.15) is 0 Å². The minimum atomic E-state index is -0.132. The molecule has 0 N–H and O–H groups in total. The Morgan fingerprint density at radius 1 is 0.842 bits per heavy atom. The summed E-state index contributed by atoms with van der Waals surface area (Å²) in [6.07, 6.45) is 0.199. The number of amides is 1. The maximum atomic E-state index is 13.0. The molecule has 1 atom stereocenters. The summed E-state index contributed by atoms with van der Waals surface area (Å²) in [7, 11) is 4.86. The van der Waals surface area contributed by atoms with Gasteiger partial charge in [-0.05, 0) is 53.1 Å². The van der Waals surface area contributed by atoms with Crippen molar-refractivity contribution in [1.29, 1.82) is 0 Å². The van der Waals surface area contributed by atoms with Gasteiger partial charge in [0.15, 0.2) is 11.5 Å². The van der Waals surface area contributed by atoms with Gasteiger partial charge in [-0.3, -0.25) is 9.69 Å². The van der Waals surface area contributed by atoms with Crippen LogP contribution >= 0.6 is 11.6 Å². The first-order valence-electron chi connectivity index (χ1n) is 12.7. The normalized spacial score (nSPS) is 14.7. The SMILES string of the molecule is COc1cccc(CO[C@@H](CN2CCN(C(=O)Cc3ccc(OC)c(OC)c3)CC2)c2ccc(Cl)cc2)c1. The van der Waals surface area contributed by atoms with Crippen molar-refractivity contribution in [3.8, 4) is 17.2 Å². The molecule has 0 aromatic heterocycles. The zero-order chi connectivity index (χ0) is 26.9. The number of benzene rings is 3. The average Bonchev–Trinajstić information content (AvgIpc) is 2.96. The van der Waals surface area contributed by atoms with E-state index in [0.717, 1.165) is 42.1 Å². The molecule has 1 saturated heterocycles. The summed E-state index contributed by atoms with van der Waals surface area (Å²) in [6, 6.07) is 21.3. The largest absolute Gasteiger partial charge is 0.497 e. The number of carbonyl (C=O) groups excluding carboxylic acids is 1. The molecule has 0 saturated carbocycles. The molecule has 0 radical (unpaired) electrons. The number of halogens is 1. The second-order valence-corrected chi connectivity index (χ2v) is 9.69. The Kier molecular flexibility index (Phi) is 9.87. The number of rotatable bonds is 11. The average molecular weight is 539 g/mol. The van der Waals surface area contributed by atoms with E-state index < -0.39 is 0 Å². The smallest absolute Gasteiger partial charge is 0.227 e. The number of hydrogen-bond acceptors (Lipinski definition) is 6. The van der Waals surface area contributed by atoms with Crippen LogP contribution in [0.4, 0.5) is 0 Å². The fourth-order valence-electron chi connectivity index (χ4n) is 4.58. The van der Waals surface area contributed by atoms with Crippen LogP contribution in [0.3, 0.4) is 0 Å². The van der Waals surface area contributed by atoms with E-state index in [0.29, 0.717) is 42.6 Å². The summed E-state index contributed by atoms with van der Waals surface area (Å²) in [5.74, 6) is 2.20. The molecule has 7 nitrogen and oxygen atoms in total. The summed E-state index contributed by atoms with van der Waals surface area (Å²) in [5.41, 5.74) is 3.03. The number of ether oxygens (including phenoxy) is 4. The lowest BCUT2D eigenvalue weighted by atomic mass is 10.1. The van der Waals surface area contributed by atoms with Gasteiger partial charge in [0.2, 0.25) is 5.91 Å². The minimum Gasteiger partial charge on any atom is -0.497 e. The minimum absolute atomic E-state index is 0.111. The van der Waals surface area contributed by atoms with Crippen LogP contribution < -0.4 is 14.2 Å². The molecule has 1 heterocycles. The van der Waals surface area contributed by atoms with Crippen LogP contribution in [0, 0.1) is 0 Å². The Hall–Kier alpha value is -3.26. The molecule has 1 fully saturated rings. The van der Waals surface area contributed by atoms with E-state index in [1.54, 1.807) is 21.3 Å². The van der Waals surface area contributed by atoms with E-state index >= 15 is 0 Å². The van der Waals surface area contributed by atoms with Gasteiger partial charge in [0.05, 0.1) is 40.5 Å². The lowest BCUT2D eigenvalue weighted by Gasteiger charge is -2.36. The third-order valence-electron chi connectivity index (χ3n) is 6.78. The molecule has 8 heteroatoms. The Labute approximate surface area is 229 Å². The van der Waals surface area contributed by atoms with E-state index in [1.165, 1.54) is 0 Å². The van der Waals surface area contributed by atoms with Crippen LogP contribution in [0.1, 0.15) is 22.8 Å². The second-order valence-electron chi connectivity index (χ2n) is 9.25. The lowest BCUT2D eigenvalue weighted by Crippen LogP contribution is -2.50. The van der Waals surface area contributed by atoms with Crippen LogP contribution in [0.15, 0.2) is 66.7 Å². The van der Waals surface area contributed by atoms with Gasteiger partial charge in [-0.15, -0.1) is 0 Å². The zero-order valence-electron chi connectivity index (χ0n) is 22.2. The molecule has 1 aliphatic rings. The maximum absolute atomic E-state index is 13.0. The Morgan fingerprint density at radius 3 is 2.26 bits per heavy atom. The van der Waals surface area contributed by atoms with E-state index in [4.69, 9.17) is 30.5 Å². The van der Waals surface area contributed by atoms with Crippen molar-refractivity contribution >= 4 is 17.5 Å². The lowest BCUT2D eigenvalue weighted by molar-refractivity contribution is -0.132. The van der Waals surface area contributed by atoms with Crippen LogP contribution in [0.2, 0.25) is 5.02 Å². The number of piperazine rings is 1. The van der Waals surface area contributed by atoms with Gasteiger partial charge in [0.1, 0.15) is 5.75 Å². The monoisotopic (exact) mass is 538 g/mol. The molecule has 0 spiro atoms. The number of hydrogen-bond donors (Lipinski definition) is 0. The first-order chi connectivity index (χ1) is 18.5. The van der Waals surface area contributed by atoms with Gasteiger partial charge in [0, 0.05) is 37.7 Å². The fraction of sp³-hybridized carbons (Fsp3) is 0.367. The highest BCUT2D eigenvalue weighted by atomic mass is 35.5. The van der Waals surface area contributed by atoms with E-state index in [2.05, 4.69) is 4.90 Å². The first kappa shape index (κ1) is 27.8. The standard InChI is InChI=1S/C30H35ClN2O5/c1-35-26-6-4-5-23(17-26)21-38-29(24-8-10-25(31)11-9-24)20-32-13-15-33(16-14-32)30(34)19-22-7-12-27(36-2)28(18-22)37-3/h4-12,17-18,29H,13-16,19-21H2,1-3H3/t29-/m0/s1. The van der Waals surface area contributed by atoms with Crippen molar-refractivity contribution < 1.29 is 23.7 Å². The Balaban J connectivity index is 1.35. The van der Waals surface area contributed by atoms with Crippen molar-refractivity contribution in [1.82, 2.24) is 9.80 Å². The molecule has 1 amide bonds. The van der Waals surface area contributed by atoms with Crippen LogP contribution in [-0.4, -0.2) is 69.8 Å². The summed E-state index contributed by atoms with van der Waals surface area (Å²) in [6.45, 7) is 4.11. The number of methoxy groups -OCH3 is 3. The molecule has 3 aromatic carbocycles. The number of nitrogens with zero attached hydrogens (tertiary/aromatic N) is 2. The Bertz CT molecular complexity index is 1200. The van der Waals surface area contributed by atoms with E-state index in [-0.39, 0.29) is 12.0 Å². The highest BCUT2D eigenvalue weighted by Crippen LogP contribution is 2.28. The quantitative estimate of drug-likeness (QED) is 0.342. The third-order valence-corrected chi connectivity index (χ3v) is 7.03. The molecule has 38 heavy (non-hydrogen) atoms. The highest BCUT2D eigenvalue weighted by molar-refractivity contribution is 6.30. The van der Waals surface area contributed by atoms with Crippen molar-refractivity contribution in [3.05, 3.63) is 88.4 Å². The maximum Gasteiger partial charge on any atom is 0.227 e. The van der Waals surface area contributed by atoms with Gasteiger partial charge >= 0.3 is 0 Å². The number of carbonyl (C=O) groups is 1. The predicted molar refractivity (Wildman–Crippen MR) is 148 cm³/mol. The highest BCUT2D eigenvalue weighted by Gasteiger charge is 2.24. The third kappa shape index (κ3) is 7.40. The molecule has 4 rings (SSSR count). The van der Waals surface area contributed by atoms with Crippen LogP contribution in [-0.2, 0) is 22.6 Å². The van der Waals surface area contributed by atoms with Gasteiger partial charge < -0.3 is 23.8 Å². The topological polar surface area (TPSA) is 60.5 Å². The summed E-state index contributed by atoms with van der Waals surface area (Å²) < 4.78 is 22.4. The van der Waals surface area contributed by atoms with E-state index in [9.17, 15) is 4.79 Å². The van der Waals surface area contributed by atoms with Crippen molar-refractivity contribution in [2.75, 3.05) is 54.1 Å². The van der Waals surface area contributed by atoms with Crippen LogP contribution in [0.5, 0.6) is 17.2 Å². The zero-order valence-corrected chi connectivity index (χ0v) is 22.9. The summed E-state index contributed by atoms with van der Waals surface area (Å²) in [4.78, 5) is 17.3. The summed E-state index contributed by atoms with van der Waals surface area (Å²) in [5, 5.41) is 0.696. The van der Waals surface area contributed by atoms with Gasteiger partial charge in [0.25, 0.3) is 0 Å². The molecule has 0 unspecified atom stereocenters. The molecule has 0 bridgehead atoms. The van der Waals surface area contributed by atoms with Gasteiger partial charge in [-0.25, -0.2) is 0 Å². The molecule has 1 aliphatic heterocycles. The molecular formula is C30H35ClN2O5. The second kappa shape index (κ2) is 13.5. The Morgan fingerprint density at radius 2 is 1.58 bits per heavy atom. The molecule has 202 valence electrons. The van der Waals surface area contributed by atoms with Gasteiger partial charge in [-0.1, -0.05) is 41.9 Å². The fourth-order valence-corrected chi connectivity index (χ4v) is 4.71. The van der Waals surface area contributed by atoms with Crippen molar-refractivity contribution in [2.24, 2.45) is 0 Å². The molecular weight excluding hydrogens is 504 g/mol. The van der Waals surface area contributed by atoms with Crippen LogP contribution in [0.25, 0.3) is 0 Å². The molecule has 3 aromatic rings. The van der Waals surface area contributed by atoms with E-state index in [1.807, 2.05) is 71.6 Å². The first-order valence-corrected chi connectivity index (χ1v) is 13.1. The predicted octanol–water partition coefficient (Wildman–Crippen LogP) is 5.01. The van der Waals surface area contributed by atoms with Crippen molar-refractivity contribution in [2.45, 2.75) is 19.1 Å². The summed E-state index contributed by atoms with van der Waals surface area (Å²) >= 11 is 6.13. The van der Waals surface area contributed by atoms with Crippen molar-refractivity contribution in [3.63, 3.8) is 0 Å². The molecule has 0 aliphatic carbocycles.